The summed E-state index contributed by atoms with van der Waals surface area (Å²) in [6, 6.07) is 5.92. The van der Waals surface area contributed by atoms with Gasteiger partial charge in [-0.2, -0.15) is 5.10 Å². The van der Waals surface area contributed by atoms with Crippen LogP contribution in [0.2, 0.25) is 5.02 Å². The maximum Gasteiger partial charge on any atom is 0.266 e. The van der Waals surface area contributed by atoms with Gasteiger partial charge in [-0.15, -0.1) is 0 Å². The van der Waals surface area contributed by atoms with Crippen molar-refractivity contribution in [3.63, 3.8) is 0 Å². The van der Waals surface area contributed by atoms with Crippen molar-refractivity contribution in [1.82, 2.24) is 10.2 Å². The quantitative estimate of drug-likeness (QED) is 0.841. The van der Waals surface area contributed by atoms with E-state index in [4.69, 9.17) is 17.3 Å². The Bertz CT molecular complexity index is 553. The Morgan fingerprint density at radius 2 is 2.25 bits per heavy atom. The third-order valence-electron chi connectivity index (χ3n) is 2.07. The van der Waals surface area contributed by atoms with Crippen LogP contribution in [0.5, 0.6) is 0 Å². The number of carbonyl (C=O) groups is 1. The lowest BCUT2D eigenvalue weighted by atomic mass is 10.1. The molecule has 0 aliphatic carbocycles. The minimum atomic E-state index is -0.652. The summed E-state index contributed by atoms with van der Waals surface area (Å²) in [6.45, 7) is 0. The Kier molecular flexibility index (Phi) is 2.62. The first-order valence-electron chi connectivity index (χ1n) is 4.39. The van der Waals surface area contributed by atoms with Gasteiger partial charge in [-0.25, -0.2) is 4.39 Å². The van der Waals surface area contributed by atoms with Crippen LogP contribution in [0, 0.1) is 5.82 Å². The van der Waals surface area contributed by atoms with Crippen molar-refractivity contribution in [3.8, 4) is 11.3 Å². The molecule has 0 bridgehead atoms. The second-order valence-corrected chi connectivity index (χ2v) is 3.54. The van der Waals surface area contributed by atoms with Crippen molar-refractivity contribution >= 4 is 17.5 Å². The highest BCUT2D eigenvalue weighted by molar-refractivity contribution is 6.31. The molecule has 2 aromatic rings. The Morgan fingerprint density at radius 1 is 1.50 bits per heavy atom. The largest absolute Gasteiger partial charge is 0.364 e. The molecule has 0 saturated carbocycles. The molecule has 6 heteroatoms. The minimum Gasteiger partial charge on any atom is -0.364 e. The van der Waals surface area contributed by atoms with Gasteiger partial charge in [0.15, 0.2) is 5.82 Å². The van der Waals surface area contributed by atoms with Gasteiger partial charge in [0.2, 0.25) is 0 Å². The lowest BCUT2D eigenvalue weighted by Crippen LogP contribution is -2.10. The first kappa shape index (κ1) is 10.6. The van der Waals surface area contributed by atoms with Gasteiger partial charge in [-0.05, 0) is 18.2 Å². The molecule has 0 spiro atoms. The zero-order chi connectivity index (χ0) is 11.7. The highest BCUT2D eigenvalue weighted by Gasteiger charge is 2.13. The molecule has 1 heterocycles. The topological polar surface area (TPSA) is 71.8 Å². The monoisotopic (exact) mass is 239 g/mol. The van der Waals surface area contributed by atoms with Gasteiger partial charge < -0.3 is 5.73 Å². The zero-order valence-corrected chi connectivity index (χ0v) is 8.75. The molecule has 0 unspecified atom stereocenters. The predicted octanol–water partition coefficient (Wildman–Crippen LogP) is 1.97. The molecule has 0 fully saturated rings. The summed E-state index contributed by atoms with van der Waals surface area (Å²) >= 11 is 5.63. The number of amides is 1. The fourth-order valence-electron chi connectivity index (χ4n) is 1.29. The van der Waals surface area contributed by atoms with Crippen LogP contribution in [0.4, 0.5) is 4.39 Å². The second-order valence-electron chi connectivity index (χ2n) is 3.13. The summed E-state index contributed by atoms with van der Waals surface area (Å²) < 4.78 is 13.6. The summed E-state index contributed by atoms with van der Waals surface area (Å²) in [5.41, 5.74) is 5.67. The van der Waals surface area contributed by atoms with E-state index in [2.05, 4.69) is 10.2 Å². The molecule has 1 amide bonds. The van der Waals surface area contributed by atoms with Gasteiger partial charge >= 0.3 is 0 Å². The average Bonchev–Trinajstić information content (AvgIpc) is 2.71. The average molecular weight is 240 g/mol. The number of rotatable bonds is 2. The van der Waals surface area contributed by atoms with E-state index in [-0.39, 0.29) is 22.0 Å². The van der Waals surface area contributed by atoms with Crippen molar-refractivity contribution in [3.05, 3.63) is 40.8 Å². The molecule has 3 N–H and O–H groups in total. The number of nitrogens with one attached hydrogen (secondary N) is 1. The van der Waals surface area contributed by atoms with E-state index < -0.39 is 11.7 Å². The van der Waals surface area contributed by atoms with Crippen molar-refractivity contribution in [1.29, 1.82) is 0 Å². The molecule has 1 aromatic carbocycles. The number of aromatic amines is 1. The number of benzene rings is 1. The molecule has 1 aromatic heterocycles. The fraction of sp³-hybridized carbons (Fsp3) is 0. The normalized spacial score (nSPS) is 10.4. The van der Waals surface area contributed by atoms with E-state index >= 15 is 0 Å². The number of halogens is 2. The Hall–Kier alpha value is -1.88. The molecule has 4 nitrogen and oxygen atoms in total. The SMILES string of the molecule is NC(=O)c1cc(-c2cccc(Cl)c2F)n[nH]1. The van der Waals surface area contributed by atoms with E-state index in [9.17, 15) is 9.18 Å². The molecular formula is C10H7ClFN3O. The van der Waals surface area contributed by atoms with Crippen LogP contribution in [0.1, 0.15) is 10.5 Å². The lowest BCUT2D eigenvalue weighted by Gasteiger charge is -1.99. The summed E-state index contributed by atoms with van der Waals surface area (Å²) in [6.07, 6.45) is 0. The van der Waals surface area contributed by atoms with Crippen LogP contribution in [0.15, 0.2) is 24.3 Å². The van der Waals surface area contributed by atoms with Crippen LogP contribution in [0.25, 0.3) is 11.3 Å². The number of hydrogen-bond donors (Lipinski definition) is 2. The minimum absolute atomic E-state index is 0.00104. The summed E-state index contributed by atoms with van der Waals surface area (Å²) in [5.74, 6) is -1.23. The van der Waals surface area contributed by atoms with Crippen LogP contribution >= 0.6 is 11.6 Å². The number of nitrogens with two attached hydrogens (primary N) is 1. The summed E-state index contributed by atoms with van der Waals surface area (Å²) in [5, 5.41) is 6.20. The van der Waals surface area contributed by atoms with Gasteiger partial charge in [0.1, 0.15) is 5.69 Å². The smallest absolute Gasteiger partial charge is 0.266 e. The van der Waals surface area contributed by atoms with E-state index in [1.165, 1.54) is 18.2 Å². The molecule has 0 aliphatic rings. The molecule has 16 heavy (non-hydrogen) atoms. The Balaban J connectivity index is 2.50. The number of primary amides is 1. The van der Waals surface area contributed by atoms with Crippen molar-refractivity contribution in [2.75, 3.05) is 0 Å². The number of hydrogen-bond acceptors (Lipinski definition) is 2. The van der Waals surface area contributed by atoms with Crippen molar-refractivity contribution in [2.24, 2.45) is 5.73 Å². The fourth-order valence-corrected chi connectivity index (χ4v) is 1.46. The van der Waals surface area contributed by atoms with E-state index in [1.807, 2.05) is 0 Å². The highest BCUT2D eigenvalue weighted by Crippen LogP contribution is 2.26. The summed E-state index contributed by atoms with van der Waals surface area (Å²) in [4.78, 5) is 10.8. The first-order valence-corrected chi connectivity index (χ1v) is 4.77. The van der Waals surface area contributed by atoms with Crippen LogP contribution < -0.4 is 5.73 Å². The number of aromatic nitrogens is 2. The zero-order valence-electron chi connectivity index (χ0n) is 8.00. The van der Waals surface area contributed by atoms with Gasteiger partial charge in [0, 0.05) is 5.56 Å². The van der Waals surface area contributed by atoms with Crippen molar-refractivity contribution < 1.29 is 9.18 Å². The van der Waals surface area contributed by atoms with Gasteiger partial charge in [-0.1, -0.05) is 17.7 Å². The third-order valence-corrected chi connectivity index (χ3v) is 2.36. The molecule has 0 radical (unpaired) electrons. The maximum atomic E-state index is 13.6. The van der Waals surface area contributed by atoms with E-state index in [0.29, 0.717) is 0 Å². The van der Waals surface area contributed by atoms with Crippen molar-refractivity contribution in [2.45, 2.75) is 0 Å². The molecule has 0 saturated heterocycles. The number of carbonyl (C=O) groups excluding carboxylic acids is 1. The van der Waals surface area contributed by atoms with Crippen LogP contribution in [0.3, 0.4) is 0 Å². The Morgan fingerprint density at radius 3 is 2.88 bits per heavy atom. The van der Waals surface area contributed by atoms with Crippen LogP contribution in [-0.2, 0) is 0 Å². The Labute approximate surface area is 95.2 Å². The molecular weight excluding hydrogens is 233 g/mol. The summed E-state index contributed by atoms with van der Waals surface area (Å²) in [7, 11) is 0. The molecule has 2 rings (SSSR count). The highest BCUT2D eigenvalue weighted by atomic mass is 35.5. The number of H-pyrrole nitrogens is 1. The van der Waals surface area contributed by atoms with Crippen LogP contribution in [-0.4, -0.2) is 16.1 Å². The first-order chi connectivity index (χ1) is 7.59. The molecule has 0 aliphatic heterocycles. The standard InChI is InChI=1S/C10H7ClFN3O/c11-6-3-1-2-5(9(6)12)7-4-8(10(13)16)15-14-7/h1-4H,(H2,13,16)(H,14,15). The second kappa shape index (κ2) is 3.94. The lowest BCUT2D eigenvalue weighted by molar-refractivity contribution is 0.0995. The van der Waals surface area contributed by atoms with E-state index in [1.54, 1.807) is 6.07 Å². The van der Waals surface area contributed by atoms with Gasteiger partial charge in [0.25, 0.3) is 5.91 Å². The van der Waals surface area contributed by atoms with Gasteiger partial charge in [0.05, 0.1) is 10.7 Å². The predicted molar refractivity (Wildman–Crippen MR) is 57.5 cm³/mol. The third kappa shape index (κ3) is 1.77. The van der Waals surface area contributed by atoms with Gasteiger partial charge in [-0.3, -0.25) is 9.89 Å². The number of nitrogens with zero attached hydrogens (tertiary/aromatic N) is 1. The molecule has 0 atom stereocenters. The maximum absolute atomic E-state index is 13.6. The molecule has 82 valence electrons. The van der Waals surface area contributed by atoms with E-state index in [0.717, 1.165) is 0 Å².